The minimum Gasteiger partial charge on any atom is -0.326 e. The van der Waals surface area contributed by atoms with Crippen molar-refractivity contribution in [2.75, 3.05) is 10.6 Å². The lowest BCUT2D eigenvalue weighted by Crippen LogP contribution is -2.31. The van der Waals surface area contributed by atoms with Crippen LogP contribution >= 0.6 is 0 Å². The summed E-state index contributed by atoms with van der Waals surface area (Å²) in [6.07, 6.45) is 0.0291. The van der Waals surface area contributed by atoms with E-state index in [1.54, 1.807) is 17.8 Å². The number of anilines is 2. The Hall–Kier alpha value is -2.70. The second-order valence-corrected chi connectivity index (χ2v) is 5.32. The zero-order valence-electron chi connectivity index (χ0n) is 12.2. The number of aromatic nitrogens is 2. The number of hydrogen-bond acceptors (Lipinski definition) is 3. The molecule has 2 N–H and O–H groups in total. The smallest absolute Gasteiger partial charge is 0.233 e. The van der Waals surface area contributed by atoms with Gasteiger partial charge in [-0.2, -0.15) is 5.10 Å². The van der Waals surface area contributed by atoms with Crippen LogP contribution in [0.3, 0.4) is 0 Å². The predicted molar refractivity (Wildman–Crippen MR) is 79.0 cm³/mol. The number of carbonyl (C=O) groups is 2. The number of nitrogens with zero attached hydrogens (tertiary/aromatic N) is 2. The van der Waals surface area contributed by atoms with E-state index in [0.29, 0.717) is 17.1 Å². The molecule has 6 nitrogen and oxygen atoms in total. The Balaban J connectivity index is 1.90. The minimum absolute atomic E-state index is 0.0291. The molecule has 0 fully saturated rings. The molecule has 0 spiro atoms. The summed E-state index contributed by atoms with van der Waals surface area (Å²) in [5, 5.41) is 9.51. The van der Waals surface area contributed by atoms with Gasteiger partial charge < -0.3 is 10.6 Å². The Kier molecular flexibility index (Phi) is 3.40. The van der Waals surface area contributed by atoms with Gasteiger partial charge in [0.25, 0.3) is 0 Å². The van der Waals surface area contributed by atoms with Gasteiger partial charge in [0.2, 0.25) is 11.8 Å². The Bertz CT molecular complexity index is 769. The van der Waals surface area contributed by atoms with E-state index in [-0.39, 0.29) is 18.2 Å². The third-order valence-electron chi connectivity index (χ3n) is 3.62. The lowest BCUT2D eigenvalue weighted by molar-refractivity contribution is -0.123. The Morgan fingerprint density at radius 3 is 2.91 bits per heavy atom. The topological polar surface area (TPSA) is 76.0 Å². The van der Waals surface area contributed by atoms with Gasteiger partial charge in [0, 0.05) is 25.2 Å². The average Bonchev–Trinajstić information content (AvgIpc) is 2.75. The SMILES string of the molecule is Cc1cc(NC(=O)C2CC(=O)Nc3cc(F)ccc32)n(C)n1. The van der Waals surface area contributed by atoms with Crippen LogP contribution in [-0.4, -0.2) is 21.6 Å². The molecule has 1 unspecified atom stereocenters. The molecule has 22 heavy (non-hydrogen) atoms. The molecule has 1 aromatic carbocycles. The van der Waals surface area contributed by atoms with E-state index < -0.39 is 11.7 Å². The summed E-state index contributed by atoms with van der Waals surface area (Å²) in [7, 11) is 1.72. The van der Waals surface area contributed by atoms with Gasteiger partial charge in [-0.15, -0.1) is 0 Å². The standard InChI is InChI=1S/C15H15FN4O2/c1-8-5-13(20(2)19-8)18-15(22)11-7-14(21)17-12-6-9(16)3-4-10(11)12/h3-6,11H,7H2,1-2H3,(H,17,21)(H,18,22). The molecule has 0 radical (unpaired) electrons. The molecule has 2 heterocycles. The lowest BCUT2D eigenvalue weighted by Gasteiger charge is -2.24. The number of carbonyl (C=O) groups excluding carboxylic acids is 2. The molecule has 0 bridgehead atoms. The molecule has 114 valence electrons. The van der Waals surface area contributed by atoms with E-state index in [1.807, 2.05) is 6.92 Å². The van der Waals surface area contributed by atoms with Gasteiger partial charge in [0.1, 0.15) is 11.6 Å². The van der Waals surface area contributed by atoms with Gasteiger partial charge in [-0.05, 0) is 24.6 Å². The zero-order chi connectivity index (χ0) is 15.9. The molecule has 3 rings (SSSR count). The van der Waals surface area contributed by atoms with Crippen LogP contribution in [0.2, 0.25) is 0 Å². The summed E-state index contributed by atoms with van der Waals surface area (Å²) in [6, 6.07) is 5.78. The van der Waals surface area contributed by atoms with Gasteiger partial charge in [0.15, 0.2) is 0 Å². The maximum absolute atomic E-state index is 13.3. The van der Waals surface area contributed by atoms with Crippen molar-refractivity contribution in [3.63, 3.8) is 0 Å². The predicted octanol–water partition coefficient (Wildman–Crippen LogP) is 1.93. The molecule has 2 amide bonds. The molecule has 7 heteroatoms. The molecule has 0 saturated carbocycles. The van der Waals surface area contributed by atoms with E-state index >= 15 is 0 Å². The van der Waals surface area contributed by atoms with E-state index in [0.717, 1.165) is 5.69 Å². The quantitative estimate of drug-likeness (QED) is 0.890. The Labute approximate surface area is 126 Å². The van der Waals surface area contributed by atoms with Crippen LogP contribution in [0.15, 0.2) is 24.3 Å². The fourth-order valence-electron chi connectivity index (χ4n) is 2.61. The molecule has 2 aromatic rings. The molecular formula is C15H15FN4O2. The molecule has 0 saturated heterocycles. The number of hydrogen-bond donors (Lipinski definition) is 2. The van der Waals surface area contributed by atoms with Crippen LogP contribution in [-0.2, 0) is 16.6 Å². The second-order valence-electron chi connectivity index (χ2n) is 5.32. The summed E-state index contributed by atoms with van der Waals surface area (Å²) >= 11 is 0. The number of aryl methyl sites for hydroxylation is 2. The fraction of sp³-hybridized carbons (Fsp3) is 0.267. The van der Waals surface area contributed by atoms with Crippen molar-refractivity contribution >= 4 is 23.3 Å². The molecule has 0 aliphatic carbocycles. The summed E-state index contributed by atoms with van der Waals surface area (Å²) in [5.41, 5.74) is 1.73. The highest BCUT2D eigenvalue weighted by Crippen LogP contribution is 2.33. The number of amides is 2. The van der Waals surface area contributed by atoms with E-state index in [1.165, 1.54) is 18.2 Å². The van der Waals surface area contributed by atoms with Gasteiger partial charge in [-0.3, -0.25) is 14.3 Å². The maximum atomic E-state index is 13.3. The average molecular weight is 302 g/mol. The van der Waals surface area contributed by atoms with E-state index in [9.17, 15) is 14.0 Å². The van der Waals surface area contributed by atoms with Crippen LogP contribution in [0.25, 0.3) is 0 Å². The van der Waals surface area contributed by atoms with Crippen molar-refractivity contribution in [1.82, 2.24) is 9.78 Å². The molecular weight excluding hydrogens is 287 g/mol. The third kappa shape index (κ3) is 2.57. The first-order valence-corrected chi connectivity index (χ1v) is 6.85. The van der Waals surface area contributed by atoms with E-state index in [2.05, 4.69) is 15.7 Å². The monoisotopic (exact) mass is 302 g/mol. The summed E-state index contributed by atoms with van der Waals surface area (Å²) in [5.74, 6) is -1.18. The summed E-state index contributed by atoms with van der Waals surface area (Å²) in [6.45, 7) is 1.82. The normalized spacial score (nSPS) is 16.9. The molecule has 1 aliphatic rings. The second kappa shape index (κ2) is 5.25. The Morgan fingerprint density at radius 2 is 2.23 bits per heavy atom. The minimum atomic E-state index is -0.653. The van der Waals surface area contributed by atoms with Crippen molar-refractivity contribution in [2.24, 2.45) is 7.05 Å². The summed E-state index contributed by atoms with van der Waals surface area (Å²) in [4.78, 5) is 24.2. The number of nitrogens with one attached hydrogen (secondary N) is 2. The van der Waals surface area contributed by atoms with Crippen molar-refractivity contribution in [1.29, 1.82) is 0 Å². The molecule has 1 aliphatic heterocycles. The zero-order valence-corrected chi connectivity index (χ0v) is 12.2. The fourth-order valence-corrected chi connectivity index (χ4v) is 2.61. The number of rotatable bonds is 2. The first-order valence-electron chi connectivity index (χ1n) is 6.85. The van der Waals surface area contributed by atoms with Gasteiger partial charge in [-0.1, -0.05) is 6.07 Å². The Morgan fingerprint density at radius 1 is 1.45 bits per heavy atom. The largest absolute Gasteiger partial charge is 0.326 e. The highest BCUT2D eigenvalue weighted by atomic mass is 19.1. The number of benzene rings is 1. The van der Waals surface area contributed by atoms with Gasteiger partial charge >= 0.3 is 0 Å². The van der Waals surface area contributed by atoms with Gasteiger partial charge in [0.05, 0.1) is 11.6 Å². The van der Waals surface area contributed by atoms with Crippen LogP contribution in [0.1, 0.15) is 23.6 Å². The number of fused-ring (bicyclic) bond motifs is 1. The van der Waals surface area contributed by atoms with Crippen LogP contribution < -0.4 is 10.6 Å². The highest BCUT2D eigenvalue weighted by molar-refractivity contribution is 6.04. The van der Waals surface area contributed by atoms with Crippen molar-refractivity contribution < 1.29 is 14.0 Å². The van der Waals surface area contributed by atoms with Crippen molar-refractivity contribution in [3.8, 4) is 0 Å². The third-order valence-corrected chi connectivity index (χ3v) is 3.62. The maximum Gasteiger partial charge on any atom is 0.233 e. The highest BCUT2D eigenvalue weighted by Gasteiger charge is 2.31. The van der Waals surface area contributed by atoms with Crippen LogP contribution in [0.5, 0.6) is 0 Å². The van der Waals surface area contributed by atoms with Crippen molar-refractivity contribution in [3.05, 3.63) is 41.3 Å². The first kappa shape index (κ1) is 14.2. The van der Waals surface area contributed by atoms with Crippen LogP contribution in [0.4, 0.5) is 15.9 Å². The molecule has 1 atom stereocenters. The molecule has 1 aromatic heterocycles. The number of halogens is 1. The first-order chi connectivity index (χ1) is 10.4. The summed E-state index contributed by atoms with van der Waals surface area (Å²) < 4.78 is 14.8. The van der Waals surface area contributed by atoms with E-state index in [4.69, 9.17) is 0 Å². The van der Waals surface area contributed by atoms with Gasteiger partial charge in [-0.25, -0.2) is 4.39 Å². The lowest BCUT2D eigenvalue weighted by atomic mass is 9.89. The van der Waals surface area contributed by atoms with Crippen LogP contribution in [0, 0.1) is 12.7 Å². The van der Waals surface area contributed by atoms with Crippen molar-refractivity contribution in [2.45, 2.75) is 19.3 Å².